The monoisotopic (exact) mass is 205 g/mol. The number of hydrogen-bond donors (Lipinski definition) is 0. The summed E-state index contributed by atoms with van der Waals surface area (Å²) in [5.41, 5.74) is 1.63. The highest BCUT2D eigenvalue weighted by Gasteiger charge is 1.99. The summed E-state index contributed by atoms with van der Waals surface area (Å²) in [6.45, 7) is 1.90. The minimum atomic E-state index is -1.16. The summed E-state index contributed by atoms with van der Waals surface area (Å²) in [5.74, 6) is -0.412. The van der Waals surface area contributed by atoms with Gasteiger partial charge < -0.3 is 14.6 Å². The lowest BCUT2D eigenvalue weighted by molar-refractivity contribution is -0.297. The fourth-order valence-corrected chi connectivity index (χ4v) is 1.34. The molecule has 0 unspecified atom stereocenters. The van der Waals surface area contributed by atoms with E-state index in [4.69, 9.17) is 4.74 Å². The number of aliphatic carboxylic acids is 1. The van der Waals surface area contributed by atoms with Gasteiger partial charge in [0.1, 0.15) is 5.75 Å². The van der Waals surface area contributed by atoms with Crippen molar-refractivity contribution < 1.29 is 14.6 Å². The summed E-state index contributed by atoms with van der Waals surface area (Å²) in [7, 11) is 1.59. The molecule has 0 saturated heterocycles. The SMILES string of the molecule is CC/C(=C/C(=O)[O-])c1ccc(OC)cc1. The van der Waals surface area contributed by atoms with E-state index in [2.05, 4.69) is 0 Å². The topological polar surface area (TPSA) is 49.4 Å². The molecule has 15 heavy (non-hydrogen) atoms. The normalized spacial score (nSPS) is 11.2. The van der Waals surface area contributed by atoms with Gasteiger partial charge in [-0.2, -0.15) is 0 Å². The maximum absolute atomic E-state index is 10.5. The van der Waals surface area contributed by atoms with Crippen molar-refractivity contribution in [1.82, 2.24) is 0 Å². The van der Waals surface area contributed by atoms with Gasteiger partial charge in [-0.1, -0.05) is 19.1 Å². The zero-order chi connectivity index (χ0) is 11.3. The molecule has 1 aromatic rings. The van der Waals surface area contributed by atoms with Crippen LogP contribution in [-0.2, 0) is 4.79 Å². The number of carboxylic acids is 1. The van der Waals surface area contributed by atoms with E-state index in [0.29, 0.717) is 6.42 Å². The van der Waals surface area contributed by atoms with Crippen LogP contribution in [0.3, 0.4) is 0 Å². The van der Waals surface area contributed by atoms with Crippen LogP contribution in [0.25, 0.3) is 5.57 Å². The van der Waals surface area contributed by atoms with E-state index in [1.807, 2.05) is 19.1 Å². The van der Waals surface area contributed by atoms with Crippen LogP contribution in [0.15, 0.2) is 30.3 Å². The molecular formula is C12H13O3-. The molecule has 0 aromatic heterocycles. The Balaban J connectivity index is 2.98. The number of carboxylic acid groups (broad SMARTS) is 1. The zero-order valence-corrected chi connectivity index (χ0v) is 8.82. The Labute approximate surface area is 89.0 Å². The van der Waals surface area contributed by atoms with Crippen LogP contribution in [0.4, 0.5) is 0 Å². The van der Waals surface area contributed by atoms with Gasteiger partial charge in [0.2, 0.25) is 0 Å². The predicted molar refractivity (Wildman–Crippen MR) is 56.3 cm³/mol. The van der Waals surface area contributed by atoms with Gasteiger partial charge in [-0.3, -0.25) is 0 Å². The lowest BCUT2D eigenvalue weighted by Gasteiger charge is -2.07. The number of methoxy groups -OCH3 is 1. The molecule has 0 heterocycles. The number of allylic oxidation sites excluding steroid dienone is 1. The minimum Gasteiger partial charge on any atom is -0.545 e. The molecule has 0 saturated carbocycles. The number of hydrogen-bond acceptors (Lipinski definition) is 3. The molecule has 1 rings (SSSR count). The van der Waals surface area contributed by atoms with E-state index < -0.39 is 5.97 Å². The van der Waals surface area contributed by atoms with Gasteiger partial charge in [-0.05, 0) is 35.8 Å². The average molecular weight is 205 g/mol. The van der Waals surface area contributed by atoms with Crippen LogP contribution in [-0.4, -0.2) is 13.1 Å². The van der Waals surface area contributed by atoms with E-state index >= 15 is 0 Å². The second-order valence-corrected chi connectivity index (χ2v) is 3.07. The molecule has 0 N–H and O–H groups in total. The highest BCUT2D eigenvalue weighted by atomic mass is 16.5. The number of carbonyl (C=O) groups excluding carboxylic acids is 1. The van der Waals surface area contributed by atoms with E-state index in [9.17, 15) is 9.90 Å². The second-order valence-electron chi connectivity index (χ2n) is 3.07. The molecule has 0 aliphatic heterocycles. The molecule has 0 bridgehead atoms. The van der Waals surface area contributed by atoms with Crippen molar-refractivity contribution >= 4 is 11.5 Å². The van der Waals surface area contributed by atoms with Crippen molar-refractivity contribution in [2.24, 2.45) is 0 Å². The lowest BCUT2D eigenvalue weighted by atomic mass is 10.0. The molecule has 80 valence electrons. The average Bonchev–Trinajstić information content (AvgIpc) is 2.26. The largest absolute Gasteiger partial charge is 0.545 e. The van der Waals surface area contributed by atoms with Crippen molar-refractivity contribution in [1.29, 1.82) is 0 Å². The van der Waals surface area contributed by atoms with Crippen molar-refractivity contribution in [2.75, 3.05) is 7.11 Å². The van der Waals surface area contributed by atoms with E-state index in [0.717, 1.165) is 23.0 Å². The molecule has 3 heteroatoms. The third-order valence-electron chi connectivity index (χ3n) is 2.13. The first kappa shape index (κ1) is 11.3. The number of ether oxygens (including phenoxy) is 1. The summed E-state index contributed by atoms with van der Waals surface area (Å²) in [6.07, 6.45) is 1.78. The van der Waals surface area contributed by atoms with Gasteiger partial charge >= 0.3 is 0 Å². The standard InChI is InChI=1S/C12H14O3/c1-3-9(8-12(13)14)10-4-6-11(15-2)7-5-10/h4-8H,3H2,1-2H3,(H,13,14)/p-1/b9-8-. The fraction of sp³-hybridized carbons (Fsp3) is 0.250. The van der Waals surface area contributed by atoms with E-state index in [1.165, 1.54) is 0 Å². The summed E-state index contributed by atoms with van der Waals surface area (Å²) in [6, 6.07) is 7.26. The predicted octanol–water partition coefficient (Wildman–Crippen LogP) is 1.24. The van der Waals surface area contributed by atoms with Gasteiger partial charge in [-0.15, -0.1) is 0 Å². The summed E-state index contributed by atoms with van der Waals surface area (Å²) in [4.78, 5) is 10.5. The fourth-order valence-electron chi connectivity index (χ4n) is 1.34. The van der Waals surface area contributed by atoms with Gasteiger partial charge in [0, 0.05) is 0 Å². The van der Waals surface area contributed by atoms with Crippen LogP contribution in [0.5, 0.6) is 5.75 Å². The van der Waals surface area contributed by atoms with E-state index in [-0.39, 0.29) is 0 Å². The second kappa shape index (κ2) is 5.20. The quantitative estimate of drug-likeness (QED) is 0.695. The molecule has 0 amide bonds. The number of benzene rings is 1. The Hall–Kier alpha value is -1.77. The Morgan fingerprint density at radius 2 is 2.00 bits per heavy atom. The highest BCUT2D eigenvalue weighted by Crippen LogP contribution is 2.20. The van der Waals surface area contributed by atoms with Gasteiger partial charge in [-0.25, -0.2) is 0 Å². The first-order valence-corrected chi connectivity index (χ1v) is 4.73. The molecular weight excluding hydrogens is 192 g/mol. The van der Waals surface area contributed by atoms with Gasteiger partial charge in [0.15, 0.2) is 0 Å². The third kappa shape index (κ3) is 3.13. The summed E-state index contributed by atoms with van der Waals surface area (Å²) < 4.78 is 5.02. The van der Waals surface area contributed by atoms with Crippen molar-refractivity contribution in [2.45, 2.75) is 13.3 Å². The van der Waals surface area contributed by atoms with Crippen molar-refractivity contribution in [3.8, 4) is 5.75 Å². The van der Waals surface area contributed by atoms with Crippen LogP contribution < -0.4 is 9.84 Å². The van der Waals surface area contributed by atoms with Crippen LogP contribution in [0.2, 0.25) is 0 Å². The molecule has 0 atom stereocenters. The highest BCUT2D eigenvalue weighted by molar-refractivity contribution is 5.88. The van der Waals surface area contributed by atoms with Crippen LogP contribution in [0, 0.1) is 0 Å². The zero-order valence-electron chi connectivity index (χ0n) is 8.82. The van der Waals surface area contributed by atoms with Crippen molar-refractivity contribution in [3.63, 3.8) is 0 Å². The molecule has 1 aromatic carbocycles. The molecule has 0 aliphatic rings. The Morgan fingerprint density at radius 1 is 1.40 bits per heavy atom. The molecule has 0 radical (unpaired) electrons. The van der Waals surface area contributed by atoms with Crippen LogP contribution >= 0.6 is 0 Å². The first-order chi connectivity index (χ1) is 7.17. The van der Waals surface area contributed by atoms with Crippen LogP contribution in [0.1, 0.15) is 18.9 Å². The first-order valence-electron chi connectivity index (χ1n) is 4.73. The number of carbonyl (C=O) groups is 1. The Bertz CT molecular complexity index is 363. The van der Waals surface area contributed by atoms with Gasteiger partial charge in [0.25, 0.3) is 0 Å². The third-order valence-corrected chi connectivity index (χ3v) is 2.13. The Kier molecular flexibility index (Phi) is 3.92. The molecule has 0 spiro atoms. The molecule has 3 nitrogen and oxygen atoms in total. The molecule has 0 fully saturated rings. The smallest absolute Gasteiger partial charge is 0.118 e. The Morgan fingerprint density at radius 3 is 2.40 bits per heavy atom. The van der Waals surface area contributed by atoms with E-state index in [1.54, 1.807) is 19.2 Å². The minimum absolute atomic E-state index is 0.653. The summed E-state index contributed by atoms with van der Waals surface area (Å²) >= 11 is 0. The maximum atomic E-state index is 10.5. The molecule has 0 aliphatic carbocycles. The lowest BCUT2D eigenvalue weighted by Crippen LogP contribution is -2.19. The maximum Gasteiger partial charge on any atom is 0.118 e. The summed E-state index contributed by atoms with van der Waals surface area (Å²) in [5, 5.41) is 10.5. The van der Waals surface area contributed by atoms with Gasteiger partial charge in [0.05, 0.1) is 13.1 Å². The van der Waals surface area contributed by atoms with Crippen molar-refractivity contribution in [3.05, 3.63) is 35.9 Å². The number of rotatable bonds is 4.